The Bertz CT molecular complexity index is 884. The highest BCUT2D eigenvalue weighted by Crippen LogP contribution is 2.24. The summed E-state index contributed by atoms with van der Waals surface area (Å²) < 4.78 is 0. The van der Waals surface area contributed by atoms with E-state index in [1.54, 1.807) is 12.3 Å². The van der Waals surface area contributed by atoms with Crippen molar-refractivity contribution in [2.24, 2.45) is 0 Å². The molecule has 0 bridgehead atoms. The van der Waals surface area contributed by atoms with E-state index < -0.39 is 0 Å². The third-order valence-corrected chi connectivity index (χ3v) is 5.42. The Morgan fingerprint density at radius 2 is 2.12 bits per heavy atom. The second-order valence-electron chi connectivity index (χ2n) is 6.09. The first kappa shape index (κ1) is 18.7. The minimum absolute atomic E-state index is 0.00386. The molecule has 0 unspecified atom stereocenters. The summed E-state index contributed by atoms with van der Waals surface area (Å²) in [6, 6.07) is 12.0. The molecule has 0 radical (unpaired) electrons. The topological polar surface area (TPSA) is 70.7 Å². The van der Waals surface area contributed by atoms with Crippen molar-refractivity contribution in [2.45, 2.75) is 36.6 Å². The van der Waals surface area contributed by atoms with Crippen LogP contribution < -0.4 is 5.32 Å². The van der Waals surface area contributed by atoms with Gasteiger partial charge in [-0.2, -0.15) is 0 Å². The number of carbonyl (C=O) groups excluding carboxylic acids is 1. The van der Waals surface area contributed by atoms with E-state index >= 15 is 0 Å². The molecule has 0 spiro atoms. The maximum Gasteiger partial charge on any atom is 0.233 e. The number of thioether (sulfide) groups is 1. The van der Waals surface area contributed by atoms with Crippen LogP contribution in [0.1, 0.15) is 31.7 Å². The number of aromatic nitrogens is 3. The van der Waals surface area contributed by atoms with Crippen LogP contribution in [0, 0.1) is 0 Å². The van der Waals surface area contributed by atoms with Crippen LogP contribution in [0.25, 0.3) is 11.2 Å². The normalized spacial score (nSPS) is 13.5. The van der Waals surface area contributed by atoms with E-state index in [4.69, 9.17) is 11.6 Å². The Labute approximate surface area is 162 Å². The van der Waals surface area contributed by atoms with E-state index in [0.717, 1.165) is 11.9 Å². The molecule has 3 aromatic rings. The van der Waals surface area contributed by atoms with Crippen molar-refractivity contribution < 1.29 is 4.79 Å². The average molecular weight is 389 g/mol. The van der Waals surface area contributed by atoms with E-state index in [1.165, 1.54) is 17.3 Å². The van der Waals surface area contributed by atoms with Crippen molar-refractivity contribution in [1.82, 2.24) is 20.3 Å². The third-order valence-electron chi connectivity index (χ3n) is 4.23. The maximum atomic E-state index is 12.5. The smallest absolute Gasteiger partial charge is 0.233 e. The molecule has 136 valence electrons. The van der Waals surface area contributed by atoms with Gasteiger partial charge in [0.05, 0.1) is 15.8 Å². The van der Waals surface area contributed by atoms with Crippen LogP contribution in [0.4, 0.5) is 0 Å². The number of H-pyrrole nitrogens is 1. The summed E-state index contributed by atoms with van der Waals surface area (Å²) >= 11 is 7.31. The Balaban J connectivity index is 1.58. The number of nitrogens with one attached hydrogen (secondary N) is 2. The van der Waals surface area contributed by atoms with Crippen molar-refractivity contribution in [2.75, 3.05) is 6.54 Å². The van der Waals surface area contributed by atoms with E-state index in [-0.39, 0.29) is 11.2 Å². The number of benzene rings is 1. The minimum atomic E-state index is -0.265. The number of nitrogens with zero attached hydrogens (tertiary/aromatic N) is 2. The van der Waals surface area contributed by atoms with Crippen molar-refractivity contribution in [1.29, 1.82) is 0 Å². The fourth-order valence-electron chi connectivity index (χ4n) is 2.72. The highest BCUT2D eigenvalue weighted by molar-refractivity contribution is 8.00. The fraction of sp³-hybridized carbons (Fsp3) is 0.316. The number of fused-ring (bicyclic) bond motifs is 1. The zero-order valence-electron chi connectivity index (χ0n) is 14.7. The van der Waals surface area contributed by atoms with Gasteiger partial charge >= 0.3 is 0 Å². The predicted molar refractivity (Wildman–Crippen MR) is 107 cm³/mol. The standard InChI is InChI=1S/C19H21ClN4OS/c1-3-13(14-7-5-4-6-8-14)10-22-18(25)12(2)26-19-23-16-9-15(20)11-21-17(16)24-19/h4-9,11-13H,3,10H2,1-2H3,(H,22,25)(H,21,23,24)/t12-,13-/m0/s1. The second-order valence-corrected chi connectivity index (χ2v) is 7.85. The minimum Gasteiger partial charge on any atom is -0.355 e. The first-order valence-corrected chi connectivity index (χ1v) is 9.83. The Kier molecular flexibility index (Phi) is 6.16. The van der Waals surface area contributed by atoms with Crippen LogP contribution in [0.15, 0.2) is 47.8 Å². The van der Waals surface area contributed by atoms with Gasteiger partial charge in [-0.05, 0) is 25.0 Å². The van der Waals surface area contributed by atoms with Crippen molar-refractivity contribution >= 4 is 40.4 Å². The number of hydrogen-bond donors (Lipinski definition) is 2. The molecule has 0 aliphatic heterocycles. The van der Waals surface area contributed by atoms with Crippen molar-refractivity contribution in [3.05, 3.63) is 53.2 Å². The molecule has 2 heterocycles. The highest BCUT2D eigenvalue weighted by Gasteiger charge is 2.18. The number of aromatic amines is 1. The van der Waals surface area contributed by atoms with Crippen LogP contribution in [-0.2, 0) is 4.79 Å². The summed E-state index contributed by atoms with van der Waals surface area (Å²) in [6.45, 7) is 4.63. The van der Waals surface area contributed by atoms with Gasteiger partial charge in [-0.1, -0.05) is 60.6 Å². The number of pyridine rings is 1. The van der Waals surface area contributed by atoms with Crippen LogP contribution in [0.2, 0.25) is 5.02 Å². The number of imidazole rings is 1. The molecule has 0 saturated heterocycles. The first-order valence-electron chi connectivity index (χ1n) is 8.57. The average Bonchev–Trinajstić information content (AvgIpc) is 3.04. The molecule has 5 nitrogen and oxygen atoms in total. The molecule has 2 atom stereocenters. The Morgan fingerprint density at radius 3 is 2.85 bits per heavy atom. The van der Waals surface area contributed by atoms with E-state index in [1.807, 2.05) is 25.1 Å². The van der Waals surface area contributed by atoms with Gasteiger partial charge in [-0.25, -0.2) is 9.97 Å². The van der Waals surface area contributed by atoms with Gasteiger partial charge in [-0.15, -0.1) is 0 Å². The van der Waals surface area contributed by atoms with Gasteiger partial charge in [0, 0.05) is 18.7 Å². The van der Waals surface area contributed by atoms with Crippen molar-refractivity contribution in [3.8, 4) is 0 Å². The van der Waals surface area contributed by atoms with Gasteiger partial charge in [0.15, 0.2) is 10.8 Å². The van der Waals surface area contributed by atoms with Gasteiger partial charge in [0.2, 0.25) is 5.91 Å². The quantitative estimate of drug-likeness (QED) is 0.588. The summed E-state index contributed by atoms with van der Waals surface area (Å²) in [4.78, 5) is 24.2. The monoisotopic (exact) mass is 388 g/mol. The first-order chi connectivity index (χ1) is 12.6. The second kappa shape index (κ2) is 8.56. The molecule has 2 N–H and O–H groups in total. The molecule has 1 aromatic carbocycles. The van der Waals surface area contributed by atoms with Crippen LogP contribution in [-0.4, -0.2) is 32.7 Å². The summed E-state index contributed by atoms with van der Waals surface area (Å²) in [6.07, 6.45) is 2.53. The van der Waals surface area contributed by atoms with E-state index in [0.29, 0.717) is 28.3 Å². The summed E-state index contributed by atoms with van der Waals surface area (Å²) in [5.74, 6) is 0.311. The highest BCUT2D eigenvalue weighted by atomic mass is 35.5. The summed E-state index contributed by atoms with van der Waals surface area (Å²) in [5.41, 5.74) is 2.61. The number of carbonyl (C=O) groups is 1. The van der Waals surface area contributed by atoms with Crippen LogP contribution in [0.5, 0.6) is 0 Å². The predicted octanol–water partition coefficient (Wildman–Crippen LogP) is 4.40. The molecular weight excluding hydrogens is 368 g/mol. The molecule has 3 rings (SSSR count). The molecule has 7 heteroatoms. The maximum absolute atomic E-state index is 12.5. The van der Waals surface area contributed by atoms with Gasteiger partial charge in [0.1, 0.15) is 0 Å². The lowest BCUT2D eigenvalue weighted by Gasteiger charge is -2.17. The lowest BCUT2D eigenvalue weighted by Crippen LogP contribution is -2.34. The lowest BCUT2D eigenvalue weighted by molar-refractivity contribution is -0.120. The Hall–Kier alpha value is -2.05. The van der Waals surface area contributed by atoms with Crippen LogP contribution >= 0.6 is 23.4 Å². The van der Waals surface area contributed by atoms with Gasteiger partial charge < -0.3 is 10.3 Å². The summed E-state index contributed by atoms with van der Waals surface area (Å²) in [5, 5.41) is 4.00. The number of hydrogen-bond acceptors (Lipinski definition) is 4. The zero-order chi connectivity index (χ0) is 18.5. The molecule has 0 fully saturated rings. The molecule has 0 aliphatic rings. The zero-order valence-corrected chi connectivity index (χ0v) is 16.3. The fourth-order valence-corrected chi connectivity index (χ4v) is 3.71. The molecule has 2 aromatic heterocycles. The largest absolute Gasteiger partial charge is 0.355 e. The van der Waals surface area contributed by atoms with Crippen LogP contribution in [0.3, 0.4) is 0 Å². The third kappa shape index (κ3) is 4.56. The lowest BCUT2D eigenvalue weighted by atomic mass is 9.96. The van der Waals surface area contributed by atoms with E-state index in [9.17, 15) is 4.79 Å². The molecule has 1 amide bonds. The van der Waals surface area contributed by atoms with Gasteiger partial charge in [-0.3, -0.25) is 4.79 Å². The van der Waals surface area contributed by atoms with E-state index in [2.05, 4.69) is 39.3 Å². The van der Waals surface area contributed by atoms with Crippen molar-refractivity contribution in [3.63, 3.8) is 0 Å². The number of amides is 1. The molecule has 26 heavy (non-hydrogen) atoms. The Morgan fingerprint density at radius 1 is 1.35 bits per heavy atom. The molecule has 0 aliphatic carbocycles. The molecular formula is C19H21ClN4OS. The number of halogens is 1. The summed E-state index contributed by atoms with van der Waals surface area (Å²) in [7, 11) is 0. The number of rotatable bonds is 7. The molecule has 0 saturated carbocycles. The SMILES string of the molecule is CC[C@@H](CNC(=O)[C@H](C)Sc1nc2ncc(Cl)cc2[nH]1)c1ccccc1. The van der Waals surface area contributed by atoms with Gasteiger partial charge in [0.25, 0.3) is 0 Å².